The molecule has 0 aromatic heterocycles. The zero-order valence-corrected chi connectivity index (χ0v) is 8.66. The van der Waals surface area contributed by atoms with Crippen LogP contribution < -0.4 is 11.5 Å². The van der Waals surface area contributed by atoms with Crippen LogP contribution in [-0.4, -0.2) is 24.5 Å². The Labute approximate surface area is 83.8 Å². The predicted octanol–water partition coefficient (Wildman–Crippen LogP) is -0.222. The van der Waals surface area contributed by atoms with Crippen LogP contribution in [0, 0.1) is 5.92 Å². The minimum atomic E-state index is -0.762. The van der Waals surface area contributed by atoms with Crippen molar-refractivity contribution in [2.75, 3.05) is 6.61 Å². The molecular formula is C9H18N2O3. The molecule has 5 heteroatoms. The van der Waals surface area contributed by atoms with Gasteiger partial charge in [-0.05, 0) is 12.3 Å². The van der Waals surface area contributed by atoms with Crippen LogP contribution in [0.5, 0.6) is 0 Å². The fourth-order valence-corrected chi connectivity index (χ4v) is 0.747. The summed E-state index contributed by atoms with van der Waals surface area (Å²) in [6.07, 6.45) is 0.378. The highest BCUT2D eigenvalue weighted by molar-refractivity contribution is 5.80. The number of ether oxygens (including phenoxy) is 1. The van der Waals surface area contributed by atoms with Crippen molar-refractivity contribution in [3.8, 4) is 0 Å². The number of rotatable bonds is 6. The van der Waals surface area contributed by atoms with Crippen LogP contribution >= 0.6 is 0 Å². The first-order valence-electron chi connectivity index (χ1n) is 4.64. The second-order valence-corrected chi connectivity index (χ2v) is 3.62. The summed E-state index contributed by atoms with van der Waals surface area (Å²) in [6.45, 7) is 4.29. The number of amides is 1. The average molecular weight is 202 g/mol. The molecule has 0 rings (SSSR count). The predicted molar refractivity (Wildman–Crippen MR) is 52.2 cm³/mol. The average Bonchev–Trinajstić information content (AvgIpc) is 2.10. The van der Waals surface area contributed by atoms with Crippen molar-refractivity contribution < 1.29 is 14.3 Å². The number of hydrogen-bond donors (Lipinski definition) is 2. The molecule has 0 unspecified atom stereocenters. The zero-order valence-electron chi connectivity index (χ0n) is 8.66. The maximum atomic E-state index is 11.0. The molecule has 0 saturated carbocycles. The number of esters is 1. The van der Waals surface area contributed by atoms with Gasteiger partial charge in [-0.1, -0.05) is 13.8 Å². The Morgan fingerprint density at radius 3 is 2.36 bits per heavy atom. The highest BCUT2D eigenvalue weighted by atomic mass is 16.5. The minimum absolute atomic E-state index is 0.136. The molecule has 1 atom stereocenters. The Balaban J connectivity index is 3.59. The number of carbonyl (C=O) groups is 2. The smallest absolute Gasteiger partial charge is 0.305 e. The largest absolute Gasteiger partial charge is 0.465 e. The number of nitrogens with two attached hydrogens (primary N) is 2. The Hall–Kier alpha value is -1.10. The van der Waals surface area contributed by atoms with Crippen molar-refractivity contribution in [2.24, 2.45) is 17.4 Å². The van der Waals surface area contributed by atoms with Gasteiger partial charge in [0.25, 0.3) is 0 Å². The monoisotopic (exact) mass is 202 g/mol. The molecule has 0 bridgehead atoms. The lowest BCUT2D eigenvalue weighted by atomic mass is 10.1. The molecule has 0 aromatic rings. The van der Waals surface area contributed by atoms with Crippen molar-refractivity contribution in [3.63, 3.8) is 0 Å². The maximum Gasteiger partial charge on any atom is 0.305 e. The van der Waals surface area contributed by atoms with E-state index in [1.54, 1.807) is 0 Å². The van der Waals surface area contributed by atoms with Crippen LogP contribution in [0.15, 0.2) is 0 Å². The van der Waals surface area contributed by atoms with Crippen LogP contribution in [0.2, 0.25) is 0 Å². The molecule has 0 spiro atoms. The molecule has 4 N–H and O–H groups in total. The van der Waals surface area contributed by atoms with Crippen molar-refractivity contribution in [1.82, 2.24) is 0 Å². The molecule has 0 saturated heterocycles. The van der Waals surface area contributed by atoms with Gasteiger partial charge < -0.3 is 16.2 Å². The van der Waals surface area contributed by atoms with Gasteiger partial charge >= 0.3 is 5.97 Å². The van der Waals surface area contributed by atoms with Crippen molar-refractivity contribution in [3.05, 3.63) is 0 Å². The SMILES string of the molecule is CC(C)COC(=O)CC[C@@H](N)C(N)=O. The van der Waals surface area contributed by atoms with E-state index < -0.39 is 11.9 Å². The third-order valence-electron chi connectivity index (χ3n) is 1.60. The van der Waals surface area contributed by atoms with Gasteiger partial charge in [-0.2, -0.15) is 0 Å². The molecule has 0 radical (unpaired) electrons. The second-order valence-electron chi connectivity index (χ2n) is 3.62. The highest BCUT2D eigenvalue weighted by Crippen LogP contribution is 1.99. The highest BCUT2D eigenvalue weighted by Gasteiger charge is 2.12. The van der Waals surface area contributed by atoms with E-state index in [1.165, 1.54) is 0 Å². The third-order valence-corrected chi connectivity index (χ3v) is 1.60. The summed E-state index contributed by atoms with van der Waals surface area (Å²) >= 11 is 0. The van der Waals surface area contributed by atoms with Crippen LogP contribution in [0.3, 0.4) is 0 Å². The van der Waals surface area contributed by atoms with Crippen molar-refractivity contribution in [2.45, 2.75) is 32.7 Å². The molecular weight excluding hydrogens is 184 g/mol. The number of carbonyl (C=O) groups excluding carboxylic acids is 2. The van der Waals surface area contributed by atoms with Crippen molar-refractivity contribution in [1.29, 1.82) is 0 Å². The van der Waals surface area contributed by atoms with Crippen LogP contribution in [-0.2, 0) is 14.3 Å². The summed E-state index contributed by atoms with van der Waals surface area (Å²) in [6, 6.07) is -0.762. The quantitative estimate of drug-likeness (QED) is 0.582. The van der Waals surface area contributed by atoms with Crippen LogP contribution in [0.4, 0.5) is 0 Å². The molecule has 0 heterocycles. The van der Waals surface area contributed by atoms with E-state index in [2.05, 4.69) is 0 Å². The summed E-state index contributed by atoms with van der Waals surface area (Å²) in [5.74, 6) is -0.624. The Morgan fingerprint density at radius 1 is 1.36 bits per heavy atom. The lowest BCUT2D eigenvalue weighted by Gasteiger charge is -2.08. The Morgan fingerprint density at radius 2 is 1.93 bits per heavy atom. The van der Waals surface area contributed by atoms with Crippen LogP contribution in [0.25, 0.3) is 0 Å². The topological polar surface area (TPSA) is 95.4 Å². The first-order chi connectivity index (χ1) is 6.43. The second kappa shape index (κ2) is 6.37. The molecule has 1 amide bonds. The summed E-state index contributed by atoms with van der Waals surface area (Å²) in [7, 11) is 0. The molecule has 0 aliphatic heterocycles. The van der Waals surface area contributed by atoms with E-state index in [1.807, 2.05) is 13.8 Å². The number of hydrogen-bond acceptors (Lipinski definition) is 4. The summed E-state index contributed by atoms with van der Waals surface area (Å²) in [5, 5.41) is 0. The van der Waals surface area contributed by atoms with Gasteiger partial charge in [0.05, 0.1) is 12.6 Å². The van der Waals surface area contributed by atoms with Gasteiger partial charge in [0, 0.05) is 6.42 Å². The summed E-state index contributed by atoms with van der Waals surface area (Å²) in [5.41, 5.74) is 10.3. The standard InChI is InChI=1S/C9H18N2O3/c1-6(2)5-14-8(12)4-3-7(10)9(11)13/h6-7H,3-5,10H2,1-2H3,(H2,11,13)/t7-/m1/s1. The fourth-order valence-electron chi connectivity index (χ4n) is 0.747. The minimum Gasteiger partial charge on any atom is -0.465 e. The molecule has 5 nitrogen and oxygen atoms in total. The lowest BCUT2D eigenvalue weighted by molar-refractivity contribution is -0.144. The van der Waals surface area contributed by atoms with E-state index in [4.69, 9.17) is 16.2 Å². The van der Waals surface area contributed by atoms with Gasteiger partial charge in [0.15, 0.2) is 0 Å². The molecule has 0 fully saturated rings. The molecule has 82 valence electrons. The van der Waals surface area contributed by atoms with Crippen LogP contribution in [0.1, 0.15) is 26.7 Å². The van der Waals surface area contributed by atoms with Crippen molar-refractivity contribution >= 4 is 11.9 Å². The van der Waals surface area contributed by atoms with Gasteiger partial charge in [0.2, 0.25) is 5.91 Å². The Bertz CT molecular complexity index is 204. The maximum absolute atomic E-state index is 11.0. The fraction of sp³-hybridized carbons (Fsp3) is 0.778. The first kappa shape index (κ1) is 12.9. The summed E-state index contributed by atoms with van der Waals surface area (Å²) in [4.78, 5) is 21.6. The van der Waals surface area contributed by atoms with E-state index in [0.29, 0.717) is 12.5 Å². The zero-order chi connectivity index (χ0) is 11.1. The molecule has 0 aromatic carbocycles. The number of primary amides is 1. The van der Waals surface area contributed by atoms with E-state index >= 15 is 0 Å². The summed E-state index contributed by atoms with van der Waals surface area (Å²) < 4.78 is 4.89. The first-order valence-corrected chi connectivity index (χ1v) is 4.64. The lowest BCUT2D eigenvalue weighted by Crippen LogP contribution is -2.36. The molecule has 0 aliphatic carbocycles. The van der Waals surface area contributed by atoms with Gasteiger partial charge in [0.1, 0.15) is 0 Å². The van der Waals surface area contributed by atoms with E-state index in [-0.39, 0.29) is 18.8 Å². The van der Waals surface area contributed by atoms with E-state index in [9.17, 15) is 9.59 Å². The van der Waals surface area contributed by atoms with Gasteiger partial charge in [-0.3, -0.25) is 9.59 Å². The molecule has 14 heavy (non-hydrogen) atoms. The van der Waals surface area contributed by atoms with E-state index in [0.717, 1.165) is 0 Å². The molecule has 0 aliphatic rings. The normalized spacial score (nSPS) is 12.6. The third kappa shape index (κ3) is 6.42. The van der Waals surface area contributed by atoms with Gasteiger partial charge in [-0.15, -0.1) is 0 Å². The van der Waals surface area contributed by atoms with Gasteiger partial charge in [-0.25, -0.2) is 0 Å². The Kier molecular flexibility index (Phi) is 5.87.